The zero-order valence-corrected chi connectivity index (χ0v) is 23.8. The number of aromatic nitrogens is 2. The first kappa shape index (κ1) is 24.7. The van der Waals surface area contributed by atoms with Crippen molar-refractivity contribution in [3.8, 4) is 20.9 Å². The van der Waals surface area contributed by atoms with Gasteiger partial charge >= 0.3 is 0 Å². The van der Waals surface area contributed by atoms with E-state index in [0.717, 1.165) is 0 Å². The van der Waals surface area contributed by atoms with Crippen LogP contribution in [0.3, 0.4) is 0 Å². The molecule has 0 saturated heterocycles. The fourth-order valence-corrected chi connectivity index (χ4v) is 10.9. The van der Waals surface area contributed by atoms with E-state index in [1.165, 1.54) is 106 Å². The fourth-order valence-electron chi connectivity index (χ4n) is 5.65. The van der Waals surface area contributed by atoms with Crippen molar-refractivity contribution in [1.29, 1.82) is 0 Å². The van der Waals surface area contributed by atoms with Gasteiger partial charge in [0, 0.05) is 11.8 Å². The molecular weight excluding hydrogens is 517 g/mol. The van der Waals surface area contributed by atoms with Gasteiger partial charge in [-0.15, -0.1) is 0 Å². The normalized spacial score (nSPS) is 17.4. The molecule has 2 aromatic carbocycles. The van der Waals surface area contributed by atoms with Gasteiger partial charge in [0.05, 0.1) is 30.9 Å². The first-order valence-electron chi connectivity index (χ1n) is 13.3. The lowest BCUT2D eigenvalue weighted by Crippen LogP contribution is -2.06. The average Bonchev–Trinajstić information content (AvgIpc) is 3.58. The maximum atomic E-state index is 5.10. The Morgan fingerprint density at radius 1 is 0.528 bits per heavy atom. The fraction of sp³-hybridized carbons (Fsp3) is 0.400. The smallest absolute Gasteiger partial charge is 0.0724 e. The van der Waals surface area contributed by atoms with Crippen LogP contribution in [-0.2, 0) is 0 Å². The number of nitrogens with zero attached hydrogens (tertiary/aromatic N) is 2. The van der Waals surface area contributed by atoms with Crippen LogP contribution in [-0.4, -0.2) is 8.75 Å². The minimum atomic E-state index is 0.600. The molecule has 2 fully saturated rings. The molecule has 186 valence electrons. The molecular formula is C30H32N2S4. The van der Waals surface area contributed by atoms with Crippen LogP contribution in [0.25, 0.3) is 20.9 Å². The SMILES string of the molecule is c1ccc(-c2snc(C3CCCCC3)c2SSc2c(C3CCCCC3)nsc2-c2ccccc2)cc1. The number of rotatable bonds is 7. The zero-order chi connectivity index (χ0) is 24.2. The van der Waals surface area contributed by atoms with E-state index < -0.39 is 0 Å². The van der Waals surface area contributed by atoms with Crippen LogP contribution in [0.1, 0.15) is 87.4 Å². The van der Waals surface area contributed by atoms with E-state index >= 15 is 0 Å². The predicted octanol–water partition coefficient (Wildman–Crippen LogP) is 10.8. The van der Waals surface area contributed by atoms with E-state index in [1.807, 2.05) is 21.6 Å². The van der Waals surface area contributed by atoms with Crippen molar-refractivity contribution >= 4 is 44.7 Å². The molecule has 6 rings (SSSR count). The van der Waals surface area contributed by atoms with Gasteiger partial charge in [-0.1, -0.05) is 99.2 Å². The molecule has 0 unspecified atom stereocenters. The summed E-state index contributed by atoms with van der Waals surface area (Å²) in [5.41, 5.74) is 5.28. The molecule has 6 heteroatoms. The summed E-state index contributed by atoms with van der Waals surface area (Å²) >= 11 is 3.39. The van der Waals surface area contributed by atoms with Gasteiger partial charge in [0.1, 0.15) is 0 Å². The van der Waals surface area contributed by atoms with E-state index in [0.29, 0.717) is 11.8 Å². The predicted molar refractivity (Wildman–Crippen MR) is 158 cm³/mol. The third-order valence-electron chi connectivity index (χ3n) is 7.61. The van der Waals surface area contributed by atoms with Crippen LogP contribution in [0.2, 0.25) is 0 Å². The molecule has 0 atom stereocenters. The molecule has 0 aliphatic heterocycles. The summed E-state index contributed by atoms with van der Waals surface area (Å²) < 4.78 is 10.2. The standard InChI is InChI=1S/C30H32N2S4/c1-5-13-21(14-6-1)25-29(27(33-31-25)23-17-9-3-10-18-23)35-36-30-26(22-15-7-2-8-16-22)32-34-28(30)24-19-11-4-12-20-24/h3-4,9-12,17-22H,1-2,5-8,13-16H2. The molecule has 2 aliphatic rings. The van der Waals surface area contributed by atoms with Gasteiger partial charge in [-0.2, -0.15) is 8.75 Å². The van der Waals surface area contributed by atoms with Gasteiger partial charge in [-0.3, -0.25) is 0 Å². The van der Waals surface area contributed by atoms with E-state index in [-0.39, 0.29) is 0 Å². The van der Waals surface area contributed by atoms with Crippen molar-refractivity contribution in [2.45, 2.75) is 85.8 Å². The van der Waals surface area contributed by atoms with Crippen molar-refractivity contribution in [3.63, 3.8) is 0 Å². The summed E-state index contributed by atoms with van der Waals surface area (Å²) in [6.07, 6.45) is 13.2. The molecule has 0 bridgehead atoms. The quantitative estimate of drug-likeness (QED) is 0.214. The topological polar surface area (TPSA) is 25.8 Å². The Hall–Kier alpha value is -1.60. The monoisotopic (exact) mass is 548 g/mol. The first-order chi connectivity index (χ1) is 17.9. The van der Waals surface area contributed by atoms with Gasteiger partial charge in [0.15, 0.2) is 0 Å². The molecule has 2 saturated carbocycles. The van der Waals surface area contributed by atoms with E-state index in [1.54, 1.807) is 23.1 Å². The summed E-state index contributed by atoms with van der Waals surface area (Å²) in [5.74, 6) is 1.20. The van der Waals surface area contributed by atoms with Crippen molar-refractivity contribution < 1.29 is 0 Å². The molecule has 2 nitrogen and oxygen atoms in total. The average molecular weight is 549 g/mol. The Kier molecular flexibility index (Phi) is 8.14. The highest BCUT2D eigenvalue weighted by Crippen LogP contribution is 2.54. The molecule has 2 aromatic heterocycles. The lowest BCUT2D eigenvalue weighted by atomic mass is 9.87. The second-order valence-corrected chi connectivity index (χ2v) is 13.7. The van der Waals surface area contributed by atoms with Gasteiger partial charge < -0.3 is 0 Å². The molecule has 2 aliphatic carbocycles. The largest absolute Gasteiger partial charge is 0.196 e. The van der Waals surface area contributed by atoms with Crippen LogP contribution in [0.5, 0.6) is 0 Å². The maximum absolute atomic E-state index is 5.10. The highest BCUT2D eigenvalue weighted by molar-refractivity contribution is 8.76. The molecule has 2 heterocycles. The Morgan fingerprint density at radius 2 is 0.917 bits per heavy atom. The summed E-state index contributed by atoms with van der Waals surface area (Å²) in [6, 6.07) is 21.8. The van der Waals surface area contributed by atoms with Crippen molar-refractivity contribution in [2.75, 3.05) is 0 Å². The van der Waals surface area contributed by atoms with Crippen LogP contribution in [0, 0.1) is 0 Å². The molecule has 0 spiro atoms. The van der Waals surface area contributed by atoms with E-state index in [4.69, 9.17) is 8.75 Å². The Labute approximate surface area is 231 Å². The van der Waals surface area contributed by atoms with E-state index in [9.17, 15) is 0 Å². The summed E-state index contributed by atoms with van der Waals surface area (Å²) in [6.45, 7) is 0. The molecule has 4 aromatic rings. The Morgan fingerprint density at radius 3 is 1.31 bits per heavy atom. The van der Waals surface area contributed by atoms with Gasteiger partial charge in [-0.25, -0.2) is 0 Å². The van der Waals surface area contributed by atoms with Crippen LogP contribution >= 0.6 is 44.7 Å². The summed E-state index contributed by atoms with van der Waals surface area (Å²) in [7, 11) is 3.89. The number of hydrogen-bond donors (Lipinski definition) is 0. The Balaban J connectivity index is 1.37. The van der Waals surface area contributed by atoms with Crippen molar-refractivity contribution in [3.05, 3.63) is 72.1 Å². The zero-order valence-electron chi connectivity index (χ0n) is 20.5. The van der Waals surface area contributed by atoms with Crippen LogP contribution in [0.15, 0.2) is 70.5 Å². The highest BCUT2D eigenvalue weighted by atomic mass is 33.1. The second-order valence-electron chi connectivity index (χ2n) is 10.0. The minimum Gasteiger partial charge on any atom is -0.196 e. The third-order valence-corrected chi connectivity index (χ3v) is 12.2. The van der Waals surface area contributed by atoms with Crippen LogP contribution in [0.4, 0.5) is 0 Å². The van der Waals surface area contributed by atoms with Gasteiger partial charge in [0.2, 0.25) is 0 Å². The van der Waals surface area contributed by atoms with E-state index in [2.05, 4.69) is 60.7 Å². The maximum Gasteiger partial charge on any atom is 0.0724 e. The lowest BCUT2D eigenvalue weighted by molar-refractivity contribution is 0.434. The molecule has 0 radical (unpaired) electrons. The van der Waals surface area contributed by atoms with Crippen molar-refractivity contribution in [1.82, 2.24) is 8.75 Å². The molecule has 36 heavy (non-hydrogen) atoms. The minimum absolute atomic E-state index is 0.600. The molecule has 0 N–H and O–H groups in total. The third kappa shape index (κ3) is 5.33. The Bertz CT molecular complexity index is 1150. The number of benzene rings is 2. The van der Waals surface area contributed by atoms with Gasteiger partial charge in [-0.05, 0) is 81.5 Å². The second kappa shape index (κ2) is 11.8. The summed E-state index contributed by atoms with van der Waals surface area (Å²) in [4.78, 5) is 5.44. The van der Waals surface area contributed by atoms with Crippen LogP contribution < -0.4 is 0 Å². The number of hydrogen-bond acceptors (Lipinski definition) is 6. The first-order valence-corrected chi connectivity index (χ1v) is 17.0. The molecule has 0 amide bonds. The highest BCUT2D eigenvalue weighted by Gasteiger charge is 2.28. The lowest BCUT2D eigenvalue weighted by Gasteiger charge is -2.22. The van der Waals surface area contributed by atoms with Gasteiger partial charge in [0.25, 0.3) is 0 Å². The van der Waals surface area contributed by atoms with Crippen molar-refractivity contribution in [2.24, 2.45) is 0 Å². The summed E-state index contributed by atoms with van der Waals surface area (Å²) in [5, 5.41) is 0.